The van der Waals surface area contributed by atoms with E-state index >= 15 is 0 Å². The molecule has 0 amide bonds. The lowest BCUT2D eigenvalue weighted by molar-refractivity contribution is 0.104. The molecule has 0 heterocycles. The van der Waals surface area contributed by atoms with Gasteiger partial charge in [-0.3, -0.25) is 4.79 Å². The molecule has 0 fully saturated rings. The second-order valence-corrected chi connectivity index (χ2v) is 5.56. The summed E-state index contributed by atoms with van der Waals surface area (Å²) in [6.45, 7) is 0. The van der Waals surface area contributed by atoms with Crippen LogP contribution >= 0.6 is 15.9 Å². The molecule has 0 aromatic heterocycles. The largest absolute Gasteiger partial charge is 0.506 e. The van der Waals surface area contributed by atoms with Gasteiger partial charge in [-0.15, -0.1) is 0 Å². The number of ketones is 1. The molecule has 0 radical (unpaired) electrons. The standard InChI is InChI=1S/C17H9BrN2O2/c18-10-5-7-11(8-6-10)20-14(9-19)15-16(21)12-3-1-2-4-13(12)17(15)22/h1-8,21H. The van der Waals surface area contributed by atoms with Crippen LogP contribution in [0.2, 0.25) is 0 Å². The number of benzene rings is 2. The van der Waals surface area contributed by atoms with Crippen molar-refractivity contribution in [1.82, 2.24) is 0 Å². The Balaban J connectivity index is 2.10. The first-order valence-corrected chi connectivity index (χ1v) is 7.23. The first kappa shape index (κ1) is 14.2. The summed E-state index contributed by atoms with van der Waals surface area (Å²) in [6, 6.07) is 15.6. The molecule has 1 N–H and O–H groups in total. The first-order chi connectivity index (χ1) is 10.6. The summed E-state index contributed by atoms with van der Waals surface area (Å²) in [4.78, 5) is 16.6. The van der Waals surface area contributed by atoms with Crippen molar-refractivity contribution >= 4 is 38.9 Å². The number of allylic oxidation sites excluding steroid dienone is 1. The second-order valence-electron chi connectivity index (χ2n) is 4.65. The maximum atomic E-state index is 12.4. The zero-order chi connectivity index (χ0) is 15.7. The Hall–Kier alpha value is -2.71. The predicted molar refractivity (Wildman–Crippen MR) is 87.2 cm³/mol. The Morgan fingerprint density at radius 1 is 1.09 bits per heavy atom. The normalized spacial score (nSPS) is 14.0. The van der Waals surface area contributed by atoms with Crippen molar-refractivity contribution in [2.75, 3.05) is 0 Å². The Kier molecular flexibility index (Phi) is 3.61. The van der Waals surface area contributed by atoms with Gasteiger partial charge in [0.1, 0.15) is 17.4 Å². The van der Waals surface area contributed by atoms with Crippen molar-refractivity contribution in [3.8, 4) is 6.07 Å². The third-order valence-corrected chi connectivity index (χ3v) is 3.83. The Morgan fingerprint density at radius 2 is 1.73 bits per heavy atom. The Morgan fingerprint density at radius 3 is 2.32 bits per heavy atom. The minimum atomic E-state index is -0.384. The summed E-state index contributed by atoms with van der Waals surface area (Å²) >= 11 is 3.32. The van der Waals surface area contributed by atoms with Gasteiger partial charge in [0.05, 0.1) is 5.69 Å². The summed E-state index contributed by atoms with van der Waals surface area (Å²) in [6.07, 6.45) is 0. The molecule has 0 aliphatic heterocycles. The molecular weight excluding hydrogens is 344 g/mol. The van der Waals surface area contributed by atoms with Gasteiger partial charge < -0.3 is 5.11 Å². The number of rotatable bonds is 2. The number of nitrogens with zero attached hydrogens (tertiary/aromatic N) is 2. The molecule has 0 spiro atoms. The highest BCUT2D eigenvalue weighted by Gasteiger charge is 2.32. The number of carbonyl (C=O) groups excluding carboxylic acids is 1. The summed E-state index contributed by atoms with van der Waals surface area (Å²) in [5.74, 6) is -0.580. The third kappa shape index (κ3) is 2.34. The van der Waals surface area contributed by atoms with Crippen molar-refractivity contribution in [2.24, 2.45) is 4.99 Å². The number of nitriles is 1. The molecule has 4 nitrogen and oxygen atoms in total. The topological polar surface area (TPSA) is 73.4 Å². The van der Waals surface area contributed by atoms with Crippen LogP contribution in [0, 0.1) is 11.3 Å². The molecule has 2 aromatic rings. The number of hydrogen-bond donors (Lipinski definition) is 1. The van der Waals surface area contributed by atoms with Gasteiger partial charge >= 0.3 is 0 Å². The van der Waals surface area contributed by atoms with Gasteiger partial charge in [-0.2, -0.15) is 5.26 Å². The molecule has 1 aliphatic carbocycles. The monoisotopic (exact) mass is 352 g/mol. The zero-order valence-corrected chi connectivity index (χ0v) is 12.8. The molecule has 1 aliphatic rings. The van der Waals surface area contributed by atoms with Gasteiger partial charge in [-0.05, 0) is 24.3 Å². The van der Waals surface area contributed by atoms with Crippen molar-refractivity contribution in [1.29, 1.82) is 5.26 Å². The second kappa shape index (κ2) is 5.58. The van der Waals surface area contributed by atoms with E-state index in [0.29, 0.717) is 16.8 Å². The fraction of sp³-hybridized carbons (Fsp3) is 0. The summed E-state index contributed by atoms with van der Waals surface area (Å²) in [5.41, 5.74) is 1.20. The molecule has 5 heteroatoms. The average molecular weight is 353 g/mol. The maximum Gasteiger partial charge on any atom is 0.200 e. The third-order valence-electron chi connectivity index (χ3n) is 3.30. The van der Waals surface area contributed by atoms with Crippen LogP contribution in [0.25, 0.3) is 5.76 Å². The molecule has 0 saturated heterocycles. The van der Waals surface area contributed by atoms with Crippen LogP contribution in [0.3, 0.4) is 0 Å². The quantitative estimate of drug-likeness (QED) is 0.822. The number of carbonyl (C=O) groups is 1. The van der Waals surface area contributed by atoms with Crippen LogP contribution in [0.15, 0.2) is 63.6 Å². The smallest absolute Gasteiger partial charge is 0.200 e. The lowest BCUT2D eigenvalue weighted by Gasteiger charge is -2.00. The Bertz CT molecular complexity index is 874. The van der Waals surface area contributed by atoms with Crippen LogP contribution in [0.5, 0.6) is 0 Å². The van der Waals surface area contributed by atoms with Crippen LogP contribution < -0.4 is 0 Å². The fourth-order valence-corrected chi connectivity index (χ4v) is 2.53. The van der Waals surface area contributed by atoms with E-state index in [4.69, 9.17) is 0 Å². The zero-order valence-electron chi connectivity index (χ0n) is 11.2. The number of aliphatic imine (C=N–C) groups is 1. The number of fused-ring (bicyclic) bond motifs is 1. The number of halogens is 1. The van der Waals surface area contributed by atoms with Crippen molar-refractivity contribution < 1.29 is 9.90 Å². The lowest BCUT2D eigenvalue weighted by atomic mass is 10.1. The predicted octanol–water partition coefficient (Wildman–Crippen LogP) is 4.21. The van der Waals surface area contributed by atoms with E-state index in [9.17, 15) is 15.2 Å². The van der Waals surface area contributed by atoms with Crippen molar-refractivity contribution in [3.63, 3.8) is 0 Å². The molecule has 3 rings (SSSR count). The molecule has 0 atom stereocenters. The van der Waals surface area contributed by atoms with Crippen LogP contribution in [-0.2, 0) is 0 Å². The van der Waals surface area contributed by atoms with Gasteiger partial charge in [0.2, 0.25) is 0 Å². The van der Waals surface area contributed by atoms with E-state index in [1.807, 2.05) is 6.07 Å². The number of Topliss-reactive ketones (excluding diaryl/α,β-unsaturated/α-hetero) is 1. The molecule has 0 bridgehead atoms. The van der Waals surface area contributed by atoms with Crippen LogP contribution in [0.1, 0.15) is 15.9 Å². The van der Waals surface area contributed by atoms with Crippen LogP contribution in [-0.4, -0.2) is 16.6 Å². The van der Waals surface area contributed by atoms with Crippen molar-refractivity contribution in [3.05, 3.63) is 69.7 Å². The molecule has 0 unspecified atom stereocenters. The first-order valence-electron chi connectivity index (χ1n) is 6.44. The van der Waals surface area contributed by atoms with Gasteiger partial charge in [0.15, 0.2) is 11.5 Å². The highest BCUT2D eigenvalue weighted by atomic mass is 79.9. The summed E-state index contributed by atoms with van der Waals surface area (Å²) in [5, 5.41) is 19.6. The van der Waals surface area contributed by atoms with E-state index in [-0.39, 0.29) is 22.8 Å². The van der Waals surface area contributed by atoms with E-state index in [2.05, 4.69) is 20.9 Å². The molecule has 106 valence electrons. The maximum absolute atomic E-state index is 12.4. The SMILES string of the molecule is N#CC(=Nc1ccc(Br)cc1)C1=C(O)c2ccccc2C1=O. The van der Waals surface area contributed by atoms with Gasteiger partial charge in [0.25, 0.3) is 0 Å². The summed E-state index contributed by atoms with van der Waals surface area (Å²) < 4.78 is 0.886. The highest BCUT2D eigenvalue weighted by molar-refractivity contribution is 9.10. The lowest BCUT2D eigenvalue weighted by Crippen LogP contribution is -2.08. The van der Waals surface area contributed by atoms with E-state index in [1.54, 1.807) is 48.5 Å². The van der Waals surface area contributed by atoms with Gasteiger partial charge in [0, 0.05) is 15.6 Å². The summed E-state index contributed by atoms with van der Waals surface area (Å²) in [7, 11) is 0. The van der Waals surface area contributed by atoms with Gasteiger partial charge in [-0.25, -0.2) is 4.99 Å². The molecule has 22 heavy (non-hydrogen) atoms. The molecular formula is C17H9BrN2O2. The number of aliphatic hydroxyl groups is 1. The van der Waals surface area contributed by atoms with Crippen molar-refractivity contribution in [2.45, 2.75) is 0 Å². The highest BCUT2D eigenvalue weighted by Crippen LogP contribution is 2.32. The number of hydrogen-bond acceptors (Lipinski definition) is 4. The molecule has 0 saturated carbocycles. The average Bonchev–Trinajstić information content (AvgIpc) is 2.79. The minimum Gasteiger partial charge on any atom is -0.506 e. The van der Waals surface area contributed by atoms with Gasteiger partial charge in [-0.1, -0.05) is 40.2 Å². The van der Waals surface area contributed by atoms with E-state index in [0.717, 1.165) is 4.47 Å². The Labute approximate surface area is 135 Å². The van der Waals surface area contributed by atoms with E-state index in [1.165, 1.54) is 0 Å². The fourth-order valence-electron chi connectivity index (χ4n) is 2.27. The minimum absolute atomic E-state index is 0.0494. The molecule has 2 aromatic carbocycles. The van der Waals surface area contributed by atoms with E-state index < -0.39 is 0 Å². The van der Waals surface area contributed by atoms with Crippen LogP contribution in [0.4, 0.5) is 5.69 Å². The number of aliphatic hydroxyl groups excluding tert-OH is 1.